The van der Waals surface area contributed by atoms with E-state index in [2.05, 4.69) is 17.4 Å². The standard InChI is InChI=1S/C15H16N2OS/c1-10-5-4-6-13(9-10)15(18)17-16-12(3)14-8-7-11(2)19-14/h4-9,16H,3H2,1-2H3,(H,17,18). The molecule has 4 heteroatoms. The molecule has 0 fully saturated rings. The number of benzene rings is 1. The summed E-state index contributed by atoms with van der Waals surface area (Å²) in [6, 6.07) is 11.4. The molecule has 98 valence electrons. The van der Waals surface area contributed by atoms with Crippen LogP contribution in [0.3, 0.4) is 0 Å². The first-order valence-electron chi connectivity index (χ1n) is 5.95. The Balaban J connectivity index is 1.95. The van der Waals surface area contributed by atoms with Crippen molar-refractivity contribution in [1.29, 1.82) is 0 Å². The molecular formula is C15H16N2OS. The predicted octanol–water partition coefficient (Wildman–Crippen LogP) is 3.27. The van der Waals surface area contributed by atoms with Gasteiger partial charge >= 0.3 is 0 Å². The smallest absolute Gasteiger partial charge is 0.269 e. The highest BCUT2D eigenvalue weighted by Crippen LogP contribution is 2.20. The van der Waals surface area contributed by atoms with Crippen LogP contribution in [-0.2, 0) is 0 Å². The third kappa shape index (κ3) is 3.45. The Morgan fingerprint density at radius 1 is 1.16 bits per heavy atom. The third-order valence-corrected chi connectivity index (χ3v) is 3.71. The Bertz CT molecular complexity index is 616. The van der Waals surface area contributed by atoms with Gasteiger partial charge in [-0.25, -0.2) is 0 Å². The summed E-state index contributed by atoms with van der Waals surface area (Å²) in [5, 5.41) is 0. The largest absolute Gasteiger partial charge is 0.298 e. The van der Waals surface area contributed by atoms with Gasteiger partial charge in [-0.05, 0) is 38.1 Å². The van der Waals surface area contributed by atoms with E-state index in [4.69, 9.17) is 0 Å². The normalized spacial score (nSPS) is 10.0. The van der Waals surface area contributed by atoms with E-state index in [0.717, 1.165) is 10.4 Å². The molecule has 2 aromatic rings. The molecule has 1 amide bonds. The van der Waals surface area contributed by atoms with E-state index in [-0.39, 0.29) is 5.91 Å². The summed E-state index contributed by atoms with van der Waals surface area (Å²) in [5.74, 6) is -0.168. The first-order chi connectivity index (χ1) is 9.06. The van der Waals surface area contributed by atoms with Crippen molar-refractivity contribution >= 4 is 22.9 Å². The Hall–Kier alpha value is -2.07. The van der Waals surface area contributed by atoms with Gasteiger partial charge in [-0.3, -0.25) is 15.6 Å². The van der Waals surface area contributed by atoms with Crippen LogP contribution in [-0.4, -0.2) is 5.91 Å². The molecule has 0 radical (unpaired) electrons. The van der Waals surface area contributed by atoms with Crippen molar-refractivity contribution in [2.24, 2.45) is 0 Å². The molecule has 1 aromatic heterocycles. The zero-order chi connectivity index (χ0) is 13.8. The highest BCUT2D eigenvalue weighted by atomic mass is 32.1. The number of amides is 1. The van der Waals surface area contributed by atoms with Gasteiger partial charge in [0.1, 0.15) is 0 Å². The zero-order valence-electron chi connectivity index (χ0n) is 11.0. The van der Waals surface area contributed by atoms with Crippen LogP contribution in [0, 0.1) is 13.8 Å². The van der Waals surface area contributed by atoms with Crippen LogP contribution in [0.5, 0.6) is 0 Å². The summed E-state index contributed by atoms with van der Waals surface area (Å²) in [7, 11) is 0. The number of carbonyl (C=O) groups is 1. The molecule has 2 N–H and O–H groups in total. The fourth-order valence-corrected chi connectivity index (χ4v) is 2.44. The number of carbonyl (C=O) groups excluding carboxylic acids is 1. The molecule has 3 nitrogen and oxygen atoms in total. The molecule has 0 aliphatic carbocycles. The maximum absolute atomic E-state index is 11.9. The SMILES string of the molecule is C=C(NNC(=O)c1cccc(C)c1)c1ccc(C)s1. The highest BCUT2D eigenvalue weighted by Gasteiger charge is 2.06. The molecule has 0 spiro atoms. The zero-order valence-corrected chi connectivity index (χ0v) is 11.8. The maximum Gasteiger partial charge on any atom is 0.269 e. The molecule has 2 rings (SSSR count). The second-order valence-electron chi connectivity index (χ2n) is 4.34. The first-order valence-corrected chi connectivity index (χ1v) is 6.76. The van der Waals surface area contributed by atoms with Gasteiger partial charge in [0.2, 0.25) is 0 Å². The minimum absolute atomic E-state index is 0.168. The predicted molar refractivity (Wildman–Crippen MR) is 79.9 cm³/mol. The second kappa shape index (κ2) is 5.71. The Labute approximate surface area is 116 Å². The average Bonchev–Trinajstić information content (AvgIpc) is 2.82. The first kappa shape index (κ1) is 13.4. The van der Waals surface area contributed by atoms with Crippen LogP contribution in [0.25, 0.3) is 5.70 Å². The van der Waals surface area contributed by atoms with Crippen LogP contribution in [0.15, 0.2) is 43.0 Å². The van der Waals surface area contributed by atoms with E-state index in [9.17, 15) is 4.79 Å². The van der Waals surface area contributed by atoms with Crippen molar-refractivity contribution in [3.63, 3.8) is 0 Å². The van der Waals surface area contributed by atoms with Crippen molar-refractivity contribution in [3.8, 4) is 0 Å². The molecule has 0 bridgehead atoms. The lowest BCUT2D eigenvalue weighted by Crippen LogP contribution is -2.35. The Morgan fingerprint density at radius 3 is 2.58 bits per heavy atom. The molecule has 1 aromatic carbocycles. The summed E-state index contributed by atoms with van der Waals surface area (Å²) >= 11 is 1.63. The van der Waals surface area contributed by atoms with Gasteiger partial charge in [0, 0.05) is 10.4 Å². The monoisotopic (exact) mass is 272 g/mol. The minimum Gasteiger partial charge on any atom is -0.298 e. The Morgan fingerprint density at radius 2 is 1.95 bits per heavy atom. The number of nitrogens with one attached hydrogen (secondary N) is 2. The maximum atomic E-state index is 11.9. The molecule has 19 heavy (non-hydrogen) atoms. The number of hydrazine groups is 1. The summed E-state index contributed by atoms with van der Waals surface area (Å²) in [4.78, 5) is 14.2. The summed E-state index contributed by atoms with van der Waals surface area (Å²) in [5.41, 5.74) is 7.88. The number of aryl methyl sites for hydroxylation is 2. The molecule has 0 saturated heterocycles. The van der Waals surface area contributed by atoms with E-state index in [0.29, 0.717) is 11.3 Å². The fourth-order valence-electron chi connectivity index (χ4n) is 1.65. The number of rotatable bonds is 4. The molecule has 1 heterocycles. The quantitative estimate of drug-likeness (QED) is 0.839. The van der Waals surface area contributed by atoms with Crippen LogP contribution in [0.2, 0.25) is 0 Å². The third-order valence-electron chi connectivity index (χ3n) is 2.64. The van der Waals surface area contributed by atoms with Crippen LogP contribution in [0.1, 0.15) is 25.7 Å². The van der Waals surface area contributed by atoms with Gasteiger partial charge in [0.05, 0.1) is 10.6 Å². The fraction of sp³-hybridized carbons (Fsp3) is 0.133. The highest BCUT2D eigenvalue weighted by molar-refractivity contribution is 7.13. The number of hydrogen-bond acceptors (Lipinski definition) is 3. The summed E-state index contributed by atoms with van der Waals surface area (Å²) in [6.07, 6.45) is 0. The van der Waals surface area contributed by atoms with Gasteiger partial charge in [-0.2, -0.15) is 0 Å². The van der Waals surface area contributed by atoms with E-state index in [1.807, 2.05) is 44.2 Å². The van der Waals surface area contributed by atoms with Crippen LogP contribution >= 0.6 is 11.3 Å². The van der Waals surface area contributed by atoms with E-state index in [1.54, 1.807) is 17.4 Å². The van der Waals surface area contributed by atoms with E-state index in [1.165, 1.54) is 4.88 Å². The second-order valence-corrected chi connectivity index (χ2v) is 5.63. The molecule has 0 atom stereocenters. The number of hydrogen-bond donors (Lipinski definition) is 2. The molecular weight excluding hydrogens is 256 g/mol. The minimum atomic E-state index is -0.168. The van der Waals surface area contributed by atoms with Crippen LogP contribution in [0.4, 0.5) is 0 Å². The van der Waals surface area contributed by atoms with E-state index < -0.39 is 0 Å². The Kier molecular flexibility index (Phi) is 4.02. The molecule has 0 saturated carbocycles. The van der Waals surface area contributed by atoms with Crippen molar-refractivity contribution in [2.45, 2.75) is 13.8 Å². The van der Waals surface area contributed by atoms with Crippen molar-refractivity contribution < 1.29 is 4.79 Å². The molecule has 0 unspecified atom stereocenters. The summed E-state index contributed by atoms with van der Waals surface area (Å²) < 4.78 is 0. The van der Waals surface area contributed by atoms with Gasteiger partial charge in [0.15, 0.2) is 0 Å². The molecule has 0 aliphatic heterocycles. The van der Waals surface area contributed by atoms with Crippen molar-refractivity contribution in [2.75, 3.05) is 0 Å². The lowest BCUT2D eigenvalue weighted by Gasteiger charge is -2.10. The average molecular weight is 272 g/mol. The van der Waals surface area contributed by atoms with Gasteiger partial charge < -0.3 is 0 Å². The van der Waals surface area contributed by atoms with Crippen molar-refractivity contribution in [3.05, 3.63) is 63.9 Å². The lowest BCUT2D eigenvalue weighted by atomic mass is 10.1. The van der Waals surface area contributed by atoms with Gasteiger partial charge in [-0.15, -0.1) is 11.3 Å². The number of thiophene rings is 1. The van der Waals surface area contributed by atoms with Gasteiger partial charge in [0.25, 0.3) is 5.91 Å². The molecule has 0 aliphatic rings. The summed E-state index contributed by atoms with van der Waals surface area (Å²) in [6.45, 7) is 7.90. The van der Waals surface area contributed by atoms with Crippen molar-refractivity contribution in [1.82, 2.24) is 10.9 Å². The topological polar surface area (TPSA) is 41.1 Å². The van der Waals surface area contributed by atoms with E-state index >= 15 is 0 Å². The lowest BCUT2D eigenvalue weighted by molar-refractivity contribution is 0.0942. The van der Waals surface area contributed by atoms with Crippen LogP contribution < -0.4 is 10.9 Å². The van der Waals surface area contributed by atoms with Gasteiger partial charge in [-0.1, -0.05) is 24.3 Å².